The van der Waals surface area contributed by atoms with Crippen LogP contribution in [0.25, 0.3) is 0 Å². The molecule has 5 heteroatoms. The van der Waals surface area contributed by atoms with E-state index < -0.39 is 5.97 Å². The van der Waals surface area contributed by atoms with Gasteiger partial charge in [0.1, 0.15) is 5.56 Å². The van der Waals surface area contributed by atoms with E-state index in [4.69, 9.17) is 20.3 Å². The molecule has 0 aliphatic rings. The van der Waals surface area contributed by atoms with Gasteiger partial charge in [-0.1, -0.05) is 13.8 Å². The van der Waals surface area contributed by atoms with Crippen molar-refractivity contribution in [3.05, 3.63) is 17.7 Å². The van der Waals surface area contributed by atoms with E-state index in [2.05, 4.69) is 0 Å². The maximum atomic E-state index is 10.8. The van der Waals surface area contributed by atoms with Gasteiger partial charge >= 0.3 is 5.97 Å². The summed E-state index contributed by atoms with van der Waals surface area (Å²) in [5, 5.41) is 8.85. The zero-order chi connectivity index (χ0) is 12.7. The van der Waals surface area contributed by atoms with Crippen molar-refractivity contribution in [2.45, 2.75) is 13.8 Å². The first kappa shape index (κ1) is 14.1. The Hall–Kier alpha value is -1.91. The highest BCUT2D eigenvalue weighted by Crippen LogP contribution is 2.33. The minimum absolute atomic E-state index is 0.00986. The maximum Gasteiger partial charge on any atom is 0.339 e. The first-order chi connectivity index (χ1) is 7.60. The zero-order valence-corrected chi connectivity index (χ0v) is 9.90. The Morgan fingerprint density at radius 3 is 2.19 bits per heavy atom. The van der Waals surface area contributed by atoms with Gasteiger partial charge in [0.15, 0.2) is 11.5 Å². The second kappa shape index (κ2) is 6.55. The number of nitrogen functional groups attached to an aromatic ring is 1. The molecule has 0 aromatic heterocycles. The number of aromatic carboxylic acids is 1. The van der Waals surface area contributed by atoms with Gasteiger partial charge in [-0.2, -0.15) is 0 Å². The molecule has 1 aromatic rings. The van der Waals surface area contributed by atoms with Gasteiger partial charge in [-0.25, -0.2) is 4.79 Å². The van der Waals surface area contributed by atoms with Gasteiger partial charge in [0, 0.05) is 11.8 Å². The Morgan fingerprint density at radius 1 is 1.25 bits per heavy atom. The van der Waals surface area contributed by atoms with Gasteiger partial charge in [0.25, 0.3) is 0 Å². The Kier molecular flexibility index (Phi) is 5.77. The van der Waals surface area contributed by atoms with E-state index in [1.807, 2.05) is 13.8 Å². The van der Waals surface area contributed by atoms with Crippen molar-refractivity contribution in [3.63, 3.8) is 0 Å². The van der Waals surface area contributed by atoms with Crippen LogP contribution in [0.1, 0.15) is 24.2 Å². The molecule has 0 radical (unpaired) electrons. The van der Waals surface area contributed by atoms with Gasteiger partial charge in [-0.05, 0) is 6.07 Å². The smallest absolute Gasteiger partial charge is 0.339 e. The fraction of sp³-hybridized carbons (Fsp3) is 0.364. The number of carbonyl (C=O) groups is 1. The molecule has 0 bridgehead atoms. The quantitative estimate of drug-likeness (QED) is 0.772. The highest BCUT2D eigenvalue weighted by Gasteiger charge is 2.16. The fourth-order valence-corrected chi connectivity index (χ4v) is 1.14. The molecular formula is C11H17NO4. The largest absolute Gasteiger partial charge is 0.493 e. The summed E-state index contributed by atoms with van der Waals surface area (Å²) in [5.74, 6) is -0.619. The molecule has 0 aliphatic carbocycles. The fourth-order valence-electron chi connectivity index (χ4n) is 1.14. The third-order valence-electron chi connectivity index (χ3n) is 1.73. The molecule has 0 saturated heterocycles. The van der Waals surface area contributed by atoms with E-state index in [9.17, 15) is 4.79 Å². The van der Waals surface area contributed by atoms with Crippen LogP contribution in [0.4, 0.5) is 5.69 Å². The number of nitrogens with two attached hydrogens (primary N) is 1. The van der Waals surface area contributed by atoms with E-state index in [-0.39, 0.29) is 11.3 Å². The van der Waals surface area contributed by atoms with E-state index in [0.29, 0.717) is 11.4 Å². The number of hydrogen-bond donors (Lipinski definition) is 2. The van der Waals surface area contributed by atoms with Crippen LogP contribution in [0.15, 0.2) is 12.1 Å². The van der Waals surface area contributed by atoms with Gasteiger partial charge < -0.3 is 20.3 Å². The Bertz CT molecular complexity index is 363. The van der Waals surface area contributed by atoms with Crippen molar-refractivity contribution in [2.24, 2.45) is 0 Å². The molecule has 1 aromatic carbocycles. The van der Waals surface area contributed by atoms with Crippen molar-refractivity contribution in [3.8, 4) is 11.5 Å². The number of anilines is 1. The van der Waals surface area contributed by atoms with Crippen molar-refractivity contribution in [1.82, 2.24) is 0 Å². The third kappa shape index (κ3) is 3.05. The van der Waals surface area contributed by atoms with E-state index in [0.717, 1.165) is 0 Å². The van der Waals surface area contributed by atoms with E-state index >= 15 is 0 Å². The number of rotatable bonds is 3. The molecule has 5 nitrogen and oxygen atoms in total. The normalized spacial score (nSPS) is 8.75. The summed E-state index contributed by atoms with van der Waals surface area (Å²) in [7, 11) is 2.80. The average molecular weight is 227 g/mol. The molecule has 90 valence electrons. The monoisotopic (exact) mass is 227 g/mol. The van der Waals surface area contributed by atoms with Crippen molar-refractivity contribution < 1.29 is 19.4 Å². The molecule has 3 N–H and O–H groups in total. The van der Waals surface area contributed by atoms with Crippen LogP contribution in [0.3, 0.4) is 0 Å². The molecule has 0 spiro atoms. The van der Waals surface area contributed by atoms with Crippen molar-refractivity contribution >= 4 is 11.7 Å². The van der Waals surface area contributed by atoms with Crippen LogP contribution >= 0.6 is 0 Å². The standard InChI is InChI=1S/C9H11NO4.C2H6/c1-13-7-4-5(10)3-6(9(11)12)8(7)14-2;1-2/h3-4H,10H2,1-2H3,(H,11,12);1-2H3. The predicted octanol–water partition coefficient (Wildman–Crippen LogP) is 2.01. The Morgan fingerprint density at radius 2 is 1.81 bits per heavy atom. The van der Waals surface area contributed by atoms with Crippen LogP contribution < -0.4 is 15.2 Å². The zero-order valence-electron chi connectivity index (χ0n) is 9.90. The molecule has 0 saturated carbocycles. The van der Waals surface area contributed by atoms with E-state index in [1.165, 1.54) is 26.4 Å². The molecule has 0 heterocycles. The molecule has 1 rings (SSSR count). The summed E-state index contributed by atoms with van der Waals surface area (Å²) in [6.45, 7) is 4.00. The molecule has 0 fully saturated rings. The number of ether oxygens (including phenoxy) is 2. The lowest BCUT2D eigenvalue weighted by Crippen LogP contribution is -2.03. The average Bonchev–Trinajstić information content (AvgIpc) is 2.30. The van der Waals surface area contributed by atoms with Crippen LogP contribution in [0, 0.1) is 0 Å². The summed E-state index contributed by atoms with van der Waals surface area (Å²) in [4.78, 5) is 10.8. The van der Waals surface area contributed by atoms with E-state index in [1.54, 1.807) is 0 Å². The van der Waals surface area contributed by atoms with Crippen LogP contribution in [0.5, 0.6) is 11.5 Å². The highest BCUT2D eigenvalue weighted by molar-refractivity contribution is 5.93. The SMILES string of the molecule is CC.COc1cc(N)cc(C(=O)O)c1OC. The number of methoxy groups -OCH3 is 2. The minimum Gasteiger partial charge on any atom is -0.493 e. The van der Waals surface area contributed by atoms with Gasteiger partial charge in [-0.15, -0.1) is 0 Å². The second-order valence-corrected chi connectivity index (χ2v) is 2.61. The summed E-state index contributed by atoms with van der Waals surface area (Å²) in [6.07, 6.45) is 0. The topological polar surface area (TPSA) is 81.8 Å². The van der Waals surface area contributed by atoms with Gasteiger partial charge in [0.05, 0.1) is 14.2 Å². The summed E-state index contributed by atoms with van der Waals surface area (Å²) in [5.41, 5.74) is 5.81. The Balaban J connectivity index is 0.00000106. The number of carboxylic acids is 1. The second-order valence-electron chi connectivity index (χ2n) is 2.61. The summed E-state index contributed by atoms with van der Waals surface area (Å²) < 4.78 is 9.86. The minimum atomic E-state index is -1.10. The van der Waals surface area contributed by atoms with Crippen LogP contribution in [-0.2, 0) is 0 Å². The van der Waals surface area contributed by atoms with Crippen molar-refractivity contribution in [2.75, 3.05) is 20.0 Å². The molecule has 16 heavy (non-hydrogen) atoms. The maximum absolute atomic E-state index is 10.8. The third-order valence-corrected chi connectivity index (χ3v) is 1.73. The molecule has 0 aliphatic heterocycles. The first-order valence-corrected chi connectivity index (χ1v) is 4.85. The first-order valence-electron chi connectivity index (χ1n) is 4.85. The molecular weight excluding hydrogens is 210 g/mol. The lowest BCUT2D eigenvalue weighted by molar-refractivity contribution is 0.0692. The highest BCUT2D eigenvalue weighted by atomic mass is 16.5. The predicted molar refractivity (Wildman–Crippen MR) is 62.3 cm³/mol. The lowest BCUT2D eigenvalue weighted by Gasteiger charge is -2.10. The van der Waals surface area contributed by atoms with Crippen LogP contribution in [-0.4, -0.2) is 25.3 Å². The number of benzene rings is 1. The molecule has 0 amide bonds. The van der Waals surface area contributed by atoms with Crippen LogP contribution in [0.2, 0.25) is 0 Å². The molecule has 0 atom stereocenters. The summed E-state index contributed by atoms with van der Waals surface area (Å²) in [6, 6.07) is 2.83. The number of carboxylic acid groups (broad SMARTS) is 1. The van der Waals surface area contributed by atoms with Crippen molar-refractivity contribution in [1.29, 1.82) is 0 Å². The van der Waals surface area contributed by atoms with Gasteiger partial charge in [0.2, 0.25) is 0 Å². The summed E-state index contributed by atoms with van der Waals surface area (Å²) >= 11 is 0. The number of hydrogen-bond acceptors (Lipinski definition) is 4. The lowest BCUT2D eigenvalue weighted by atomic mass is 10.1. The van der Waals surface area contributed by atoms with Gasteiger partial charge in [-0.3, -0.25) is 0 Å². The Labute approximate surface area is 94.8 Å². The molecule has 0 unspecified atom stereocenters.